The number of carbonyl (C=O) groups is 2. The van der Waals surface area contributed by atoms with E-state index in [-0.39, 0.29) is 31.2 Å². The molecule has 4 aromatic carbocycles. The molecule has 0 saturated carbocycles. The number of rotatable bonds is 12. The molecule has 0 saturated heterocycles. The van der Waals surface area contributed by atoms with E-state index in [0.717, 1.165) is 36.0 Å². The van der Waals surface area contributed by atoms with Gasteiger partial charge in [0.05, 0.1) is 43.2 Å². The average Bonchev–Trinajstić information content (AvgIpc) is 3.66. The molecule has 2 atom stereocenters. The molecule has 0 bridgehead atoms. The van der Waals surface area contributed by atoms with Crippen molar-refractivity contribution in [3.63, 3.8) is 0 Å². The van der Waals surface area contributed by atoms with E-state index in [9.17, 15) is 9.59 Å². The van der Waals surface area contributed by atoms with Gasteiger partial charge in [-0.1, -0.05) is 49.1 Å². The van der Waals surface area contributed by atoms with Gasteiger partial charge in [0.25, 0.3) is 5.91 Å². The first-order chi connectivity index (χ1) is 25.3. The molecule has 3 aliphatic heterocycles. The Morgan fingerprint density at radius 1 is 0.904 bits per heavy atom. The zero-order valence-corrected chi connectivity index (χ0v) is 29.8. The number of nitrogens with zero attached hydrogens (tertiary/aromatic N) is 3. The Hall–Kier alpha value is -6.03. The number of benzene rings is 4. The van der Waals surface area contributed by atoms with Crippen LogP contribution in [0.1, 0.15) is 38.8 Å². The Bertz CT molecular complexity index is 2110. The second kappa shape index (κ2) is 14.7. The fourth-order valence-corrected chi connectivity index (χ4v) is 7.14. The van der Waals surface area contributed by atoms with Gasteiger partial charge in [-0.3, -0.25) is 14.6 Å². The Balaban J connectivity index is 1.00. The summed E-state index contributed by atoms with van der Waals surface area (Å²) in [6.07, 6.45) is 6.20. The molecule has 0 radical (unpaired) electrons. The minimum atomic E-state index is -0.0634. The highest BCUT2D eigenvalue weighted by atomic mass is 16.5. The van der Waals surface area contributed by atoms with Crippen LogP contribution in [0.5, 0.6) is 23.0 Å². The normalized spacial score (nSPS) is 17.5. The molecule has 0 spiro atoms. The number of anilines is 3. The van der Waals surface area contributed by atoms with Crippen LogP contribution >= 0.6 is 0 Å². The van der Waals surface area contributed by atoms with Crippen molar-refractivity contribution in [2.75, 3.05) is 56.1 Å². The molecule has 52 heavy (non-hydrogen) atoms. The molecule has 3 heterocycles. The molecule has 10 nitrogen and oxygen atoms in total. The van der Waals surface area contributed by atoms with Crippen molar-refractivity contribution in [1.82, 2.24) is 0 Å². The molecule has 0 fully saturated rings. The van der Waals surface area contributed by atoms with Crippen molar-refractivity contribution in [2.45, 2.75) is 31.8 Å². The number of likely N-dealkylation sites (N-methyl/N-ethyl adjacent to an activating group) is 1. The number of carbonyl (C=O) groups excluding carboxylic acids is 2. The van der Waals surface area contributed by atoms with Crippen LogP contribution in [0.2, 0.25) is 0 Å². The smallest absolute Gasteiger partial charge is 0.260 e. The summed E-state index contributed by atoms with van der Waals surface area (Å²) in [5.41, 5.74) is 8.35. The lowest BCUT2D eigenvalue weighted by Gasteiger charge is -2.22. The number of hydrogen-bond acceptors (Lipinski definition) is 9. The van der Waals surface area contributed by atoms with Gasteiger partial charge in [-0.15, -0.1) is 0 Å². The molecule has 0 aromatic heterocycles. The molecule has 0 aliphatic carbocycles. The SMILES string of the molecule is C=C(/C=C(\C)COc1cc(N=C[C@@H]2Cc3ccccc3N2C)c(C=O)cc1OC)COc1cc2c(cc1OC)C(=O)N1c3ccccc3CC1CN2. The number of para-hydroxylation sites is 2. The van der Waals surface area contributed by atoms with E-state index in [2.05, 4.69) is 35.0 Å². The van der Waals surface area contributed by atoms with Crippen LogP contribution in [0.15, 0.2) is 102 Å². The molecule has 1 N–H and O–H groups in total. The lowest BCUT2D eigenvalue weighted by Crippen LogP contribution is -2.39. The summed E-state index contributed by atoms with van der Waals surface area (Å²) in [5.74, 6) is 1.82. The summed E-state index contributed by atoms with van der Waals surface area (Å²) in [6.45, 7) is 7.18. The Labute approximate surface area is 304 Å². The van der Waals surface area contributed by atoms with E-state index in [0.29, 0.717) is 52.0 Å². The van der Waals surface area contributed by atoms with Crippen molar-refractivity contribution < 1.29 is 28.5 Å². The van der Waals surface area contributed by atoms with Gasteiger partial charge in [-0.2, -0.15) is 0 Å². The van der Waals surface area contributed by atoms with Gasteiger partial charge in [0, 0.05) is 48.9 Å². The first-order valence-electron chi connectivity index (χ1n) is 17.3. The van der Waals surface area contributed by atoms with Gasteiger partial charge in [0.2, 0.25) is 0 Å². The molecule has 7 rings (SSSR count). The lowest BCUT2D eigenvalue weighted by atomic mass is 10.1. The zero-order valence-electron chi connectivity index (χ0n) is 29.8. The van der Waals surface area contributed by atoms with Gasteiger partial charge in [-0.05, 0) is 66.3 Å². The first-order valence-corrected chi connectivity index (χ1v) is 17.3. The number of fused-ring (bicyclic) bond motifs is 5. The molecule has 1 amide bonds. The molecule has 4 aromatic rings. The number of hydrogen-bond donors (Lipinski definition) is 1. The minimum Gasteiger partial charge on any atom is -0.493 e. The predicted molar refractivity (Wildman–Crippen MR) is 205 cm³/mol. The van der Waals surface area contributed by atoms with Gasteiger partial charge in [0.1, 0.15) is 13.2 Å². The number of nitrogens with one attached hydrogen (secondary N) is 1. The predicted octanol–water partition coefficient (Wildman–Crippen LogP) is 7.24. The van der Waals surface area contributed by atoms with E-state index in [4.69, 9.17) is 23.9 Å². The largest absolute Gasteiger partial charge is 0.493 e. The van der Waals surface area contributed by atoms with E-state index in [1.807, 2.05) is 67.6 Å². The van der Waals surface area contributed by atoms with Crippen LogP contribution in [0.3, 0.4) is 0 Å². The molecule has 10 heteroatoms. The Morgan fingerprint density at radius 2 is 1.58 bits per heavy atom. The summed E-state index contributed by atoms with van der Waals surface area (Å²) in [4.78, 5) is 34.5. The highest BCUT2D eigenvalue weighted by Crippen LogP contribution is 2.41. The van der Waals surface area contributed by atoms with Gasteiger partial charge >= 0.3 is 0 Å². The van der Waals surface area contributed by atoms with E-state index in [1.54, 1.807) is 25.3 Å². The van der Waals surface area contributed by atoms with Gasteiger partial charge in [0.15, 0.2) is 29.3 Å². The molecule has 3 aliphatic rings. The van der Waals surface area contributed by atoms with E-state index in [1.165, 1.54) is 23.9 Å². The van der Waals surface area contributed by atoms with Gasteiger partial charge < -0.3 is 34.1 Å². The van der Waals surface area contributed by atoms with Crippen molar-refractivity contribution >= 4 is 41.2 Å². The summed E-state index contributed by atoms with van der Waals surface area (Å²) >= 11 is 0. The van der Waals surface area contributed by atoms with Crippen LogP contribution in [-0.4, -0.2) is 71.5 Å². The third-order valence-electron chi connectivity index (χ3n) is 9.80. The fraction of sp³-hybridized carbons (Fsp3) is 0.262. The highest BCUT2D eigenvalue weighted by Gasteiger charge is 2.37. The van der Waals surface area contributed by atoms with Crippen LogP contribution in [0, 0.1) is 0 Å². The first kappa shape index (κ1) is 34.4. The Kier molecular flexibility index (Phi) is 9.71. The van der Waals surface area contributed by atoms with Crippen LogP contribution < -0.4 is 34.1 Å². The van der Waals surface area contributed by atoms with Crippen molar-refractivity contribution in [1.29, 1.82) is 0 Å². The van der Waals surface area contributed by atoms with Crippen LogP contribution in [-0.2, 0) is 12.8 Å². The number of aliphatic imine (C=N–C) groups is 1. The Morgan fingerprint density at radius 3 is 2.31 bits per heavy atom. The summed E-state index contributed by atoms with van der Waals surface area (Å²) < 4.78 is 23.6. The standard InChI is InChI=1S/C42H42N4O6/c1-26(24-51-40-19-34(30(23-47)17-38(40)49-4)43-21-31-15-28-10-6-8-12-36(28)45(31)3)14-27(2)25-52-41-20-35-33(18-39(41)50-5)42(48)46-32(22-44-35)16-29-11-7-9-13-37(29)46/h6-14,17-21,23,31-32,44H,2,15-16,22,24-25H2,1,3-5H3/b26-14+,43-21?/t31-,32?/m0/s1. The topological polar surface area (TPSA) is 102 Å². The number of aldehydes is 1. The van der Waals surface area contributed by atoms with E-state index >= 15 is 0 Å². The number of methoxy groups -OCH3 is 2. The summed E-state index contributed by atoms with van der Waals surface area (Å²) in [7, 11) is 5.15. The maximum atomic E-state index is 13.8. The second-order valence-corrected chi connectivity index (χ2v) is 13.3. The zero-order chi connectivity index (χ0) is 36.4. The van der Waals surface area contributed by atoms with Crippen LogP contribution in [0.25, 0.3) is 0 Å². The maximum absolute atomic E-state index is 13.8. The van der Waals surface area contributed by atoms with Crippen molar-refractivity contribution in [3.8, 4) is 23.0 Å². The maximum Gasteiger partial charge on any atom is 0.260 e. The number of ether oxygens (including phenoxy) is 4. The minimum absolute atomic E-state index is 0.0300. The molecule has 266 valence electrons. The molecular formula is C42H42N4O6. The van der Waals surface area contributed by atoms with Crippen molar-refractivity contribution in [2.24, 2.45) is 4.99 Å². The lowest BCUT2D eigenvalue weighted by molar-refractivity contribution is 0.0982. The fourth-order valence-electron chi connectivity index (χ4n) is 7.14. The quantitative estimate of drug-likeness (QED) is 0.0940. The third kappa shape index (κ3) is 6.71. The van der Waals surface area contributed by atoms with Gasteiger partial charge in [-0.25, -0.2) is 0 Å². The highest BCUT2D eigenvalue weighted by molar-refractivity contribution is 6.12. The monoisotopic (exact) mass is 698 g/mol. The van der Waals surface area contributed by atoms with E-state index < -0.39 is 0 Å². The van der Waals surface area contributed by atoms with Crippen LogP contribution in [0.4, 0.5) is 22.7 Å². The molecular weight excluding hydrogens is 656 g/mol. The third-order valence-corrected chi connectivity index (χ3v) is 9.80. The summed E-state index contributed by atoms with van der Waals surface area (Å²) in [5, 5.41) is 3.46. The number of amides is 1. The average molecular weight is 699 g/mol. The molecule has 1 unspecified atom stereocenters. The van der Waals surface area contributed by atoms with Crippen molar-refractivity contribution in [3.05, 3.63) is 119 Å². The second-order valence-electron chi connectivity index (χ2n) is 13.3. The summed E-state index contributed by atoms with van der Waals surface area (Å²) in [6, 6.07) is 23.4.